The second kappa shape index (κ2) is 9.57. The number of nitrogens with zero attached hydrogens (tertiary/aromatic N) is 3. The fourth-order valence-electron chi connectivity index (χ4n) is 4.24. The fraction of sp³-hybridized carbons (Fsp3) is 0.458. The van der Waals surface area contributed by atoms with Gasteiger partial charge in [0.05, 0.1) is 5.75 Å². The van der Waals surface area contributed by atoms with Crippen LogP contribution in [0.4, 0.5) is 11.4 Å². The highest BCUT2D eigenvalue weighted by molar-refractivity contribution is 8.00. The summed E-state index contributed by atoms with van der Waals surface area (Å²) in [7, 11) is 0. The number of thiophene rings is 1. The molecule has 5 nitrogen and oxygen atoms in total. The molecule has 0 fully saturated rings. The third-order valence-corrected chi connectivity index (χ3v) is 7.84. The average Bonchev–Trinajstić information content (AvgIpc) is 3.11. The molecule has 1 amide bonds. The number of benzene rings is 1. The first-order chi connectivity index (χ1) is 15.0. The van der Waals surface area contributed by atoms with Crippen LogP contribution in [0.15, 0.2) is 29.3 Å². The maximum Gasteiger partial charge on any atom is 0.234 e. The number of fused-ring (bicyclic) bond motifs is 3. The molecule has 1 aromatic carbocycles. The van der Waals surface area contributed by atoms with Gasteiger partial charge < -0.3 is 10.2 Å². The molecule has 3 aromatic rings. The lowest BCUT2D eigenvalue weighted by atomic mass is 9.97. The molecule has 1 aliphatic carbocycles. The van der Waals surface area contributed by atoms with Crippen LogP contribution < -0.4 is 10.2 Å². The third-order valence-electron chi connectivity index (χ3n) is 5.68. The number of hydrogen-bond donors (Lipinski definition) is 1. The molecule has 0 bridgehead atoms. The van der Waals surface area contributed by atoms with Crippen LogP contribution in [0, 0.1) is 6.92 Å². The zero-order valence-electron chi connectivity index (χ0n) is 18.7. The molecule has 31 heavy (non-hydrogen) atoms. The van der Waals surface area contributed by atoms with Crippen LogP contribution >= 0.6 is 23.1 Å². The number of amides is 1. The maximum atomic E-state index is 12.6. The molecule has 4 rings (SSSR count). The Balaban J connectivity index is 1.44. The maximum absolute atomic E-state index is 12.6. The van der Waals surface area contributed by atoms with Crippen molar-refractivity contribution in [2.45, 2.75) is 64.4 Å². The summed E-state index contributed by atoms with van der Waals surface area (Å²) >= 11 is 3.32. The van der Waals surface area contributed by atoms with Crippen molar-refractivity contribution >= 4 is 50.6 Å². The van der Waals surface area contributed by atoms with Gasteiger partial charge in [-0.3, -0.25) is 4.79 Å². The van der Waals surface area contributed by atoms with Crippen molar-refractivity contribution in [3.63, 3.8) is 0 Å². The number of rotatable bonds is 7. The predicted octanol–water partition coefficient (Wildman–Crippen LogP) is 5.84. The molecule has 0 atom stereocenters. The Morgan fingerprint density at radius 1 is 1.19 bits per heavy atom. The molecule has 2 heterocycles. The highest BCUT2D eigenvalue weighted by atomic mass is 32.2. The first kappa shape index (κ1) is 22.1. The Labute approximate surface area is 192 Å². The number of carbonyl (C=O) groups is 1. The van der Waals surface area contributed by atoms with E-state index < -0.39 is 0 Å². The van der Waals surface area contributed by atoms with E-state index in [-0.39, 0.29) is 5.91 Å². The van der Waals surface area contributed by atoms with Crippen molar-refractivity contribution in [2.75, 3.05) is 22.5 Å². The first-order valence-electron chi connectivity index (χ1n) is 11.0. The van der Waals surface area contributed by atoms with Crippen LogP contribution in [0.5, 0.6) is 0 Å². The van der Waals surface area contributed by atoms with Gasteiger partial charge in [-0.1, -0.05) is 11.8 Å². The molecular formula is C24H30N4OS2. The van der Waals surface area contributed by atoms with Gasteiger partial charge in [-0.25, -0.2) is 9.97 Å². The topological polar surface area (TPSA) is 58.1 Å². The number of aromatic nitrogens is 2. The van der Waals surface area contributed by atoms with Gasteiger partial charge >= 0.3 is 0 Å². The largest absolute Gasteiger partial charge is 0.369 e. The second-order valence-electron chi connectivity index (χ2n) is 8.23. The zero-order chi connectivity index (χ0) is 22.0. The Morgan fingerprint density at radius 3 is 2.65 bits per heavy atom. The predicted molar refractivity (Wildman–Crippen MR) is 133 cm³/mol. The summed E-state index contributed by atoms with van der Waals surface area (Å²) in [6.45, 7) is 9.42. The quantitative estimate of drug-likeness (QED) is 0.359. The van der Waals surface area contributed by atoms with E-state index in [9.17, 15) is 4.79 Å². The van der Waals surface area contributed by atoms with Gasteiger partial charge in [0.1, 0.15) is 15.7 Å². The molecule has 1 N–H and O–H groups in total. The molecule has 0 spiro atoms. The normalized spacial score (nSPS) is 13.5. The number of aryl methyl sites for hydroxylation is 3. The second-order valence-corrected chi connectivity index (χ2v) is 10.3. The van der Waals surface area contributed by atoms with Gasteiger partial charge in [0.25, 0.3) is 0 Å². The van der Waals surface area contributed by atoms with Crippen LogP contribution in [0.1, 0.15) is 49.9 Å². The number of hydrogen-bond acceptors (Lipinski definition) is 6. The van der Waals surface area contributed by atoms with Crippen molar-refractivity contribution in [3.8, 4) is 0 Å². The van der Waals surface area contributed by atoms with Crippen LogP contribution in [0.2, 0.25) is 0 Å². The Morgan fingerprint density at radius 2 is 1.94 bits per heavy atom. The highest BCUT2D eigenvalue weighted by Gasteiger charge is 2.21. The monoisotopic (exact) mass is 454 g/mol. The molecule has 7 heteroatoms. The Bertz CT molecular complexity index is 1080. The van der Waals surface area contributed by atoms with Crippen LogP contribution in [-0.2, 0) is 17.6 Å². The third kappa shape index (κ3) is 4.88. The van der Waals surface area contributed by atoms with Crippen molar-refractivity contribution in [1.82, 2.24) is 9.97 Å². The molecule has 0 unspecified atom stereocenters. The number of anilines is 2. The van der Waals surface area contributed by atoms with Crippen molar-refractivity contribution < 1.29 is 4.79 Å². The lowest BCUT2D eigenvalue weighted by molar-refractivity contribution is -0.113. The first-order valence-corrected chi connectivity index (χ1v) is 12.8. The summed E-state index contributed by atoms with van der Waals surface area (Å²) in [4.78, 5) is 26.8. The van der Waals surface area contributed by atoms with Gasteiger partial charge in [0, 0.05) is 34.2 Å². The summed E-state index contributed by atoms with van der Waals surface area (Å²) in [5.74, 6) is 1.10. The molecule has 0 saturated heterocycles. The van der Waals surface area contributed by atoms with E-state index in [1.165, 1.54) is 46.1 Å². The minimum absolute atomic E-state index is 0.0116. The van der Waals surface area contributed by atoms with Gasteiger partial charge in [-0.15, -0.1) is 11.3 Å². The minimum Gasteiger partial charge on any atom is -0.369 e. The van der Waals surface area contributed by atoms with Gasteiger partial charge in [0.15, 0.2) is 0 Å². The zero-order valence-corrected chi connectivity index (χ0v) is 20.3. The van der Waals surface area contributed by atoms with Crippen molar-refractivity contribution in [2.24, 2.45) is 0 Å². The van der Waals surface area contributed by atoms with Crippen LogP contribution in [0.3, 0.4) is 0 Å². The van der Waals surface area contributed by atoms with E-state index in [4.69, 9.17) is 4.98 Å². The fourth-order valence-corrected chi connectivity index (χ4v) is 6.52. The van der Waals surface area contributed by atoms with E-state index >= 15 is 0 Å². The smallest absolute Gasteiger partial charge is 0.234 e. The number of thioether (sulfide) groups is 1. The summed E-state index contributed by atoms with van der Waals surface area (Å²) in [6.07, 6.45) is 4.71. The van der Waals surface area contributed by atoms with E-state index in [0.717, 1.165) is 40.8 Å². The molecule has 0 radical (unpaired) electrons. The number of nitrogens with one attached hydrogen (secondary N) is 1. The van der Waals surface area contributed by atoms with E-state index in [2.05, 4.69) is 48.1 Å². The summed E-state index contributed by atoms with van der Waals surface area (Å²) in [6, 6.07) is 8.54. The van der Waals surface area contributed by atoms with Crippen molar-refractivity contribution in [3.05, 3.63) is 40.5 Å². The van der Waals surface area contributed by atoms with E-state index in [0.29, 0.717) is 11.8 Å². The summed E-state index contributed by atoms with van der Waals surface area (Å²) in [5, 5.41) is 5.15. The van der Waals surface area contributed by atoms with Crippen LogP contribution in [-0.4, -0.2) is 34.2 Å². The van der Waals surface area contributed by atoms with Crippen LogP contribution in [0.25, 0.3) is 10.2 Å². The number of carbonyl (C=O) groups excluding carboxylic acids is 1. The molecule has 2 aromatic heterocycles. The van der Waals surface area contributed by atoms with E-state index in [1.54, 1.807) is 11.3 Å². The molecule has 0 aliphatic heterocycles. The average molecular weight is 455 g/mol. The molecule has 164 valence electrons. The van der Waals surface area contributed by atoms with Gasteiger partial charge in [-0.2, -0.15) is 0 Å². The van der Waals surface area contributed by atoms with E-state index in [1.807, 2.05) is 19.1 Å². The molecule has 1 aliphatic rings. The Kier molecular flexibility index (Phi) is 6.82. The lowest BCUT2D eigenvalue weighted by Crippen LogP contribution is -2.30. The SMILES string of the molecule is CCN(c1ccc(NC(=O)CSc2nc(C)nc3sc4c(c23)CCCC4)cc1)C(C)C. The highest BCUT2D eigenvalue weighted by Crippen LogP contribution is 2.39. The Hall–Kier alpha value is -2.12. The summed E-state index contributed by atoms with van der Waals surface area (Å²) in [5.41, 5.74) is 3.41. The van der Waals surface area contributed by atoms with Gasteiger partial charge in [0.2, 0.25) is 5.91 Å². The van der Waals surface area contributed by atoms with Gasteiger partial charge in [-0.05, 0) is 83.2 Å². The molecule has 0 saturated carbocycles. The minimum atomic E-state index is -0.0116. The van der Waals surface area contributed by atoms with Crippen molar-refractivity contribution in [1.29, 1.82) is 0 Å². The molecular weight excluding hydrogens is 424 g/mol. The lowest BCUT2D eigenvalue weighted by Gasteiger charge is -2.27. The standard InChI is InChI=1S/C24H30N4OS2/c1-5-28(15(2)3)18-12-10-17(11-13-18)27-21(29)14-30-23-22-19-8-6-7-9-20(19)31-24(22)26-16(4)25-23/h10-13,15H,5-9,14H2,1-4H3,(H,27,29). The summed E-state index contributed by atoms with van der Waals surface area (Å²) < 4.78 is 0.